The van der Waals surface area contributed by atoms with E-state index < -0.39 is 0 Å². The van der Waals surface area contributed by atoms with Crippen molar-refractivity contribution in [3.8, 4) is 0 Å². The first-order chi connectivity index (χ1) is 4.81. The lowest BCUT2D eigenvalue weighted by molar-refractivity contribution is -0.108. The van der Waals surface area contributed by atoms with Crippen LogP contribution in [-0.2, 0) is 4.79 Å². The summed E-state index contributed by atoms with van der Waals surface area (Å²) in [6.45, 7) is 3.56. The Morgan fingerprint density at radius 3 is 2.80 bits per heavy atom. The Balaban J connectivity index is 3.02. The molecule has 0 fully saturated rings. The van der Waals surface area contributed by atoms with E-state index in [2.05, 4.69) is 6.58 Å². The van der Waals surface area contributed by atoms with Crippen LogP contribution in [0.1, 0.15) is 0 Å². The summed E-state index contributed by atoms with van der Waals surface area (Å²) < 4.78 is 0. The van der Waals surface area contributed by atoms with Crippen LogP contribution in [0.5, 0.6) is 0 Å². The maximum absolute atomic E-state index is 10.0. The van der Waals surface area contributed by atoms with E-state index in [1.807, 2.05) is 6.08 Å². The number of aldehydes is 1. The summed E-state index contributed by atoms with van der Waals surface area (Å²) in [5, 5.41) is 0. The summed E-state index contributed by atoms with van der Waals surface area (Å²) in [4.78, 5) is 10.0. The lowest BCUT2D eigenvalue weighted by atomic mass is 10.4. The third-order valence-electron chi connectivity index (χ3n) is 0.705. The lowest BCUT2D eigenvalue weighted by Gasteiger charge is -1.99. The largest absolute Gasteiger partial charge is 0.321 e. The van der Waals surface area contributed by atoms with Crippen molar-refractivity contribution < 1.29 is 4.79 Å². The topological polar surface area (TPSA) is 43.1 Å². The molecule has 0 aliphatic rings. The van der Waals surface area contributed by atoms with E-state index in [9.17, 15) is 4.79 Å². The molecule has 2 nitrogen and oxygen atoms in total. The summed E-state index contributed by atoms with van der Waals surface area (Å²) >= 11 is 0. The molecule has 0 aromatic carbocycles. The highest BCUT2D eigenvalue weighted by molar-refractivity contribution is 8.76. The molecule has 0 aromatic rings. The third-order valence-corrected chi connectivity index (χ3v) is 3.08. The SMILES string of the molecule is C=CCSSCC(N)C=O. The second kappa shape index (κ2) is 7.18. The van der Waals surface area contributed by atoms with Gasteiger partial charge in [0.25, 0.3) is 0 Å². The van der Waals surface area contributed by atoms with Gasteiger partial charge in [0.1, 0.15) is 6.29 Å². The maximum atomic E-state index is 10.0. The Hall–Kier alpha value is 0.0700. The van der Waals surface area contributed by atoms with Crippen molar-refractivity contribution >= 4 is 27.9 Å². The summed E-state index contributed by atoms with van der Waals surface area (Å²) in [5.41, 5.74) is 5.33. The minimum Gasteiger partial charge on any atom is -0.321 e. The molecule has 10 heavy (non-hydrogen) atoms. The smallest absolute Gasteiger partial charge is 0.137 e. The number of rotatable bonds is 6. The summed E-state index contributed by atoms with van der Waals surface area (Å²) in [5.74, 6) is 1.58. The first-order valence-electron chi connectivity index (χ1n) is 2.87. The van der Waals surface area contributed by atoms with Gasteiger partial charge in [0, 0.05) is 11.5 Å². The fourth-order valence-corrected chi connectivity index (χ4v) is 2.12. The molecule has 0 heterocycles. The minimum absolute atomic E-state index is 0.317. The Kier molecular flexibility index (Phi) is 7.23. The molecule has 0 saturated carbocycles. The van der Waals surface area contributed by atoms with Crippen molar-refractivity contribution in [1.29, 1.82) is 0 Å². The van der Waals surface area contributed by atoms with Crippen LogP contribution in [0.3, 0.4) is 0 Å². The normalized spacial score (nSPS) is 12.5. The van der Waals surface area contributed by atoms with E-state index in [1.165, 1.54) is 0 Å². The van der Waals surface area contributed by atoms with Crippen LogP contribution in [0, 0.1) is 0 Å². The second-order valence-corrected chi connectivity index (χ2v) is 4.21. The molecule has 4 heteroatoms. The first-order valence-corrected chi connectivity index (χ1v) is 5.36. The molecule has 0 saturated heterocycles. The highest BCUT2D eigenvalue weighted by Crippen LogP contribution is 2.20. The Bertz CT molecular complexity index is 108. The van der Waals surface area contributed by atoms with Crippen LogP contribution in [0.25, 0.3) is 0 Å². The zero-order chi connectivity index (χ0) is 7.82. The predicted octanol–water partition coefficient (Wildman–Crippen LogP) is 1.08. The Labute approximate surface area is 69.0 Å². The quantitative estimate of drug-likeness (QED) is 0.285. The predicted molar refractivity (Wildman–Crippen MR) is 49.2 cm³/mol. The number of nitrogens with two attached hydrogens (primary N) is 1. The number of carbonyl (C=O) groups is 1. The van der Waals surface area contributed by atoms with E-state index in [0.717, 1.165) is 12.0 Å². The number of hydrogen-bond donors (Lipinski definition) is 1. The van der Waals surface area contributed by atoms with Crippen LogP contribution >= 0.6 is 21.6 Å². The van der Waals surface area contributed by atoms with E-state index in [1.54, 1.807) is 21.6 Å². The van der Waals surface area contributed by atoms with Crippen LogP contribution < -0.4 is 5.73 Å². The van der Waals surface area contributed by atoms with E-state index in [0.29, 0.717) is 5.75 Å². The lowest BCUT2D eigenvalue weighted by Crippen LogP contribution is -2.23. The van der Waals surface area contributed by atoms with Gasteiger partial charge in [-0.1, -0.05) is 27.7 Å². The van der Waals surface area contributed by atoms with Crippen LogP contribution in [0.2, 0.25) is 0 Å². The van der Waals surface area contributed by atoms with Crippen LogP contribution in [0.4, 0.5) is 0 Å². The van der Waals surface area contributed by atoms with Gasteiger partial charge in [0.05, 0.1) is 6.04 Å². The zero-order valence-corrected chi connectivity index (χ0v) is 7.29. The van der Waals surface area contributed by atoms with Crippen LogP contribution in [0.15, 0.2) is 12.7 Å². The van der Waals surface area contributed by atoms with Gasteiger partial charge in [-0.3, -0.25) is 0 Å². The molecule has 0 amide bonds. The minimum atomic E-state index is -0.317. The molecular weight excluding hydrogens is 166 g/mol. The van der Waals surface area contributed by atoms with Gasteiger partial charge < -0.3 is 10.5 Å². The van der Waals surface area contributed by atoms with Gasteiger partial charge in [-0.05, 0) is 0 Å². The zero-order valence-electron chi connectivity index (χ0n) is 5.66. The molecule has 0 aliphatic carbocycles. The molecule has 1 atom stereocenters. The fraction of sp³-hybridized carbons (Fsp3) is 0.500. The average Bonchev–Trinajstić information content (AvgIpc) is 1.98. The molecule has 58 valence electrons. The van der Waals surface area contributed by atoms with Crippen molar-refractivity contribution in [2.75, 3.05) is 11.5 Å². The summed E-state index contributed by atoms with van der Waals surface area (Å²) in [6.07, 6.45) is 2.59. The summed E-state index contributed by atoms with van der Waals surface area (Å²) in [6, 6.07) is -0.317. The monoisotopic (exact) mass is 177 g/mol. The van der Waals surface area contributed by atoms with E-state index in [4.69, 9.17) is 5.73 Å². The van der Waals surface area contributed by atoms with Gasteiger partial charge in [0.2, 0.25) is 0 Å². The maximum Gasteiger partial charge on any atom is 0.137 e. The molecule has 0 aromatic heterocycles. The molecule has 0 bridgehead atoms. The molecule has 1 unspecified atom stereocenters. The highest BCUT2D eigenvalue weighted by Gasteiger charge is 1.97. The van der Waals surface area contributed by atoms with Gasteiger partial charge in [-0.2, -0.15) is 0 Å². The van der Waals surface area contributed by atoms with Crippen molar-refractivity contribution in [3.05, 3.63) is 12.7 Å². The van der Waals surface area contributed by atoms with Crippen molar-refractivity contribution in [2.45, 2.75) is 6.04 Å². The van der Waals surface area contributed by atoms with Crippen LogP contribution in [-0.4, -0.2) is 23.8 Å². The first kappa shape index (κ1) is 10.1. The molecule has 0 rings (SSSR count). The molecule has 0 aliphatic heterocycles. The van der Waals surface area contributed by atoms with Gasteiger partial charge in [-0.15, -0.1) is 6.58 Å². The van der Waals surface area contributed by atoms with Crippen molar-refractivity contribution in [2.24, 2.45) is 5.73 Å². The van der Waals surface area contributed by atoms with Gasteiger partial charge in [0.15, 0.2) is 0 Å². The van der Waals surface area contributed by atoms with Gasteiger partial charge >= 0.3 is 0 Å². The Morgan fingerprint density at radius 2 is 2.30 bits per heavy atom. The van der Waals surface area contributed by atoms with Crippen molar-refractivity contribution in [1.82, 2.24) is 0 Å². The average molecular weight is 177 g/mol. The number of carbonyl (C=O) groups excluding carboxylic acids is 1. The fourth-order valence-electron chi connectivity index (χ4n) is 0.262. The second-order valence-electron chi connectivity index (χ2n) is 1.66. The highest BCUT2D eigenvalue weighted by atomic mass is 33.1. The van der Waals surface area contributed by atoms with Gasteiger partial charge in [-0.25, -0.2) is 0 Å². The molecule has 2 N–H and O–H groups in total. The standard InChI is InChI=1S/C6H11NOS2/c1-2-3-9-10-5-6(7)4-8/h2,4,6H,1,3,5,7H2. The van der Waals surface area contributed by atoms with E-state index >= 15 is 0 Å². The molecular formula is C6H11NOS2. The van der Waals surface area contributed by atoms with E-state index in [-0.39, 0.29) is 6.04 Å². The number of hydrogen-bond acceptors (Lipinski definition) is 4. The molecule has 0 radical (unpaired) electrons. The Morgan fingerprint density at radius 1 is 1.60 bits per heavy atom. The third kappa shape index (κ3) is 6.19. The van der Waals surface area contributed by atoms with Crippen molar-refractivity contribution in [3.63, 3.8) is 0 Å². The molecule has 0 spiro atoms. The summed E-state index contributed by atoms with van der Waals surface area (Å²) in [7, 11) is 3.26.